The summed E-state index contributed by atoms with van der Waals surface area (Å²) in [7, 11) is 0. The highest BCUT2D eigenvalue weighted by Crippen LogP contribution is 2.50. The molecule has 0 saturated heterocycles. The fraction of sp³-hybridized carbons (Fsp3) is 0.0175. The molecule has 0 unspecified atom stereocenters. The Kier molecular flexibility index (Phi) is 3.92. The number of benzene rings is 11. The van der Waals surface area contributed by atoms with Crippen molar-refractivity contribution in [1.82, 2.24) is 0 Å². The van der Waals surface area contributed by atoms with Crippen molar-refractivity contribution in [3.63, 3.8) is 0 Å². The molecule has 0 atom stereocenters. The largest absolute Gasteiger partial charge is 0.0636 e. The van der Waals surface area contributed by atoms with Crippen LogP contribution in [0.5, 0.6) is 0 Å². The van der Waals surface area contributed by atoms with Gasteiger partial charge in [-0.2, -0.15) is 0 Å². The van der Waals surface area contributed by atoms with Crippen LogP contribution in [-0.4, -0.2) is 0 Å². The van der Waals surface area contributed by atoms with Crippen LogP contribution >= 0.6 is 0 Å². The van der Waals surface area contributed by atoms with E-state index in [0.29, 0.717) is 17.5 Å². The molecule has 0 heterocycles. The lowest BCUT2D eigenvalue weighted by Gasteiger charge is -2.20. The molecule has 11 aromatic rings. The van der Waals surface area contributed by atoms with Crippen LogP contribution in [0.1, 0.15) is 39.9 Å². The zero-order valence-electron chi connectivity index (χ0n) is 50.7. The molecule has 0 N–H and O–H groups in total. The van der Waals surface area contributed by atoms with Gasteiger partial charge in [0.1, 0.15) is 0 Å². The summed E-state index contributed by atoms with van der Waals surface area (Å²) in [6, 6.07) is 8.17. The molecule has 0 aliphatic heterocycles. The molecule has 0 radical (unpaired) electrons. The lowest BCUT2D eigenvalue weighted by atomic mass is 9.83. The Morgan fingerprint density at radius 2 is 0.895 bits per heavy atom. The van der Waals surface area contributed by atoms with Gasteiger partial charge in [-0.15, -0.1) is 0 Å². The average Bonchev–Trinajstić information content (AvgIpc) is 2.29. The quantitative estimate of drug-likeness (QED) is 0.158. The second kappa shape index (κ2) is 12.6. The Morgan fingerprint density at radius 3 is 1.70 bits per heavy atom. The van der Waals surface area contributed by atoms with Crippen LogP contribution in [0, 0.1) is 0 Å². The van der Waals surface area contributed by atoms with Crippen LogP contribution in [0.25, 0.3) is 109 Å². The molecule has 0 fully saturated rings. The van der Waals surface area contributed by atoms with Crippen LogP contribution in [0.2, 0.25) is 0 Å². The second-order valence-electron chi connectivity index (χ2n) is 13.9. The highest BCUT2D eigenvalue weighted by atomic mass is 14.3. The zero-order chi connectivity index (χ0) is 55.7. The van der Waals surface area contributed by atoms with Crippen LogP contribution < -0.4 is 0 Å². The van der Waals surface area contributed by atoms with Crippen molar-refractivity contribution in [3.8, 4) is 55.6 Å². The molecule has 57 heavy (non-hydrogen) atoms. The summed E-state index contributed by atoms with van der Waals surface area (Å²) in [5.41, 5.74) is 2.95. The number of fused-ring (bicyclic) bond motifs is 8. The fourth-order valence-corrected chi connectivity index (χ4v) is 8.55. The highest BCUT2D eigenvalue weighted by Gasteiger charge is 2.26. The maximum Gasteiger partial charge on any atom is 0.0636 e. The lowest BCUT2D eigenvalue weighted by molar-refractivity contribution is 1.27. The van der Waals surface area contributed by atoms with Crippen LogP contribution in [-0.2, 0) is 6.42 Å². The number of rotatable bonds is 4. The predicted molar refractivity (Wildman–Crippen MR) is 244 cm³/mol. The Bertz CT molecular complexity index is 4570. The van der Waals surface area contributed by atoms with E-state index in [1.807, 2.05) is 66.7 Å². The normalized spacial score (nSPS) is 17.3. The maximum absolute atomic E-state index is 9.77. The standard InChI is InChI=1S/C57H36/c1-2-16-38-34-40(33-32-36(38)14-1)56-49-20-5-7-22-51(49)57(52-23-8-6-21-50(52)56)48-30-12-25-43-44(26-11-27-45(43)48)47-29-10-18-39-35-54-46(28-13-31-53(54)55(39)47)42-24-9-17-37-15-3-4-19-41(37)42/h1-34H,35H2/i1D,2D,5D,6D,7D,8D,11D,12D,14D,16D,20D,21D,22D,23D,25D,26D,27D,30D,32D,33D,34D. The van der Waals surface area contributed by atoms with Crippen molar-refractivity contribution in [2.45, 2.75) is 6.42 Å². The first-order chi connectivity index (χ1) is 37.0. The first-order valence-corrected chi connectivity index (χ1v) is 18.3. The van der Waals surface area contributed by atoms with E-state index < -0.39 is 187 Å². The van der Waals surface area contributed by atoms with Gasteiger partial charge in [-0.3, -0.25) is 0 Å². The summed E-state index contributed by atoms with van der Waals surface area (Å²) in [6.45, 7) is 0. The van der Waals surface area contributed by atoms with Gasteiger partial charge in [0.25, 0.3) is 0 Å². The van der Waals surface area contributed by atoms with Crippen molar-refractivity contribution in [3.05, 3.63) is 217 Å². The minimum atomic E-state index is -0.900. The molecule has 264 valence electrons. The Balaban J connectivity index is 1.28. The molecule has 0 saturated carbocycles. The number of hydrogen-bond donors (Lipinski definition) is 0. The van der Waals surface area contributed by atoms with E-state index in [1.165, 1.54) is 0 Å². The Labute approximate surface area is 361 Å². The zero-order valence-corrected chi connectivity index (χ0v) is 29.7. The van der Waals surface area contributed by atoms with Gasteiger partial charge >= 0.3 is 0 Å². The summed E-state index contributed by atoms with van der Waals surface area (Å²) >= 11 is 0. The Hall–Kier alpha value is -7.28. The third kappa shape index (κ3) is 4.87. The molecule has 0 heteroatoms. The van der Waals surface area contributed by atoms with Gasteiger partial charge in [-0.1, -0.05) is 200 Å². The van der Waals surface area contributed by atoms with Crippen LogP contribution in [0.4, 0.5) is 0 Å². The first kappa shape index (κ1) is 17.7. The van der Waals surface area contributed by atoms with Gasteiger partial charge in [-0.05, 0) is 133 Å². The summed E-state index contributed by atoms with van der Waals surface area (Å²) in [6.07, 6.45) is 0.434. The van der Waals surface area contributed by atoms with E-state index in [2.05, 4.69) is 0 Å². The van der Waals surface area contributed by atoms with Gasteiger partial charge in [0.15, 0.2) is 0 Å². The first-order valence-electron chi connectivity index (χ1n) is 28.8. The molecule has 1 aliphatic carbocycles. The smallest absolute Gasteiger partial charge is 0.0616 e. The lowest BCUT2D eigenvalue weighted by Crippen LogP contribution is -1.93. The predicted octanol–water partition coefficient (Wildman–Crippen LogP) is 15.7. The summed E-state index contributed by atoms with van der Waals surface area (Å²) in [5, 5.41) is -2.15. The molecule has 11 aromatic carbocycles. The molecular weight excluding hydrogens is 685 g/mol. The number of hydrogen-bond acceptors (Lipinski definition) is 0. The summed E-state index contributed by atoms with van der Waals surface area (Å²) in [5.74, 6) is 0. The molecule has 12 rings (SSSR count). The average molecular weight is 742 g/mol. The van der Waals surface area contributed by atoms with Gasteiger partial charge in [0, 0.05) is 0 Å². The molecule has 0 nitrogen and oxygen atoms in total. The summed E-state index contributed by atoms with van der Waals surface area (Å²) < 4.78 is 195. The van der Waals surface area contributed by atoms with Crippen molar-refractivity contribution >= 4 is 53.9 Å². The van der Waals surface area contributed by atoms with Crippen LogP contribution in [0.3, 0.4) is 0 Å². The van der Waals surface area contributed by atoms with Crippen molar-refractivity contribution in [2.24, 2.45) is 0 Å². The van der Waals surface area contributed by atoms with Gasteiger partial charge in [0.2, 0.25) is 0 Å². The van der Waals surface area contributed by atoms with Crippen molar-refractivity contribution in [2.75, 3.05) is 0 Å². The molecule has 0 amide bonds. The van der Waals surface area contributed by atoms with E-state index >= 15 is 0 Å². The monoisotopic (exact) mass is 741 g/mol. The van der Waals surface area contributed by atoms with Gasteiger partial charge in [0.05, 0.1) is 28.8 Å². The van der Waals surface area contributed by atoms with E-state index in [4.69, 9.17) is 12.3 Å². The van der Waals surface area contributed by atoms with E-state index in [9.17, 15) is 16.4 Å². The molecule has 0 bridgehead atoms. The van der Waals surface area contributed by atoms with Crippen LogP contribution in [0.15, 0.2) is 206 Å². The second-order valence-corrected chi connectivity index (χ2v) is 13.9. The van der Waals surface area contributed by atoms with Gasteiger partial charge < -0.3 is 0 Å². The topological polar surface area (TPSA) is 0 Å². The van der Waals surface area contributed by atoms with Gasteiger partial charge in [-0.25, -0.2) is 0 Å². The fourth-order valence-electron chi connectivity index (χ4n) is 8.55. The molecular formula is C57H36. The minimum absolute atomic E-state index is 0.0820. The third-order valence-electron chi connectivity index (χ3n) is 10.9. The van der Waals surface area contributed by atoms with Crippen molar-refractivity contribution in [1.29, 1.82) is 0 Å². The molecule has 0 aromatic heterocycles. The third-order valence-corrected chi connectivity index (χ3v) is 10.9. The molecule has 0 spiro atoms. The van der Waals surface area contributed by atoms with E-state index in [1.54, 1.807) is 12.1 Å². The maximum atomic E-state index is 9.77. The molecule has 1 aliphatic rings. The Morgan fingerprint density at radius 1 is 0.316 bits per heavy atom. The minimum Gasteiger partial charge on any atom is -0.0616 e. The summed E-state index contributed by atoms with van der Waals surface area (Å²) in [4.78, 5) is 0. The van der Waals surface area contributed by atoms with E-state index in [0.717, 1.165) is 38.6 Å². The van der Waals surface area contributed by atoms with E-state index in [-0.39, 0.29) is 10.9 Å². The van der Waals surface area contributed by atoms with Crippen molar-refractivity contribution < 1.29 is 28.8 Å². The highest BCUT2D eigenvalue weighted by molar-refractivity contribution is 6.24. The SMILES string of the molecule is [2H]c1c([2H])c([2H])c2c([2H])c(-c3c4c([2H])c([2H])c([2H])c([2H])c4c(-c4c([2H])c([2H])c([2H])c5c(-c6cccc7c6-c6cccc(-c8cccc9ccccc89)c6C7)c([2H])c([2H])c([2H])c45)c4c([2H])c([2H])c([2H])c([2H])c34)c([2H])c([2H])c2c1[2H].